The summed E-state index contributed by atoms with van der Waals surface area (Å²) in [6.07, 6.45) is 6.33. The van der Waals surface area contributed by atoms with Crippen LogP contribution in [-0.4, -0.2) is 40.6 Å². The highest BCUT2D eigenvalue weighted by Gasteiger charge is 2.19. The molecule has 0 radical (unpaired) electrons. The Bertz CT molecular complexity index is 348. The Morgan fingerprint density at radius 2 is 2.29 bits per heavy atom. The van der Waals surface area contributed by atoms with Gasteiger partial charge in [0.1, 0.15) is 5.51 Å². The van der Waals surface area contributed by atoms with Gasteiger partial charge in [0.2, 0.25) is 11.0 Å². The van der Waals surface area contributed by atoms with Gasteiger partial charge in [-0.2, -0.15) is 0 Å². The molecule has 0 aliphatic heterocycles. The van der Waals surface area contributed by atoms with E-state index in [1.165, 1.54) is 43.4 Å². The van der Waals surface area contributed by atoms with Crippen molar-refractivity contribution in [3.05, 3.63) is 5.51 Å². The Morgan fingerprint density at radius 3 is 2.94 bits per heavy atom. The third-order valence-corrected chi connectivity index (χ3v) is 3.80. The first-order valence-corrected chi connectivity index (χ1v) is 6.90. The lowest BCUT2D eigenvalue weighted by Gasteiger charge is -2.30. The van der Waals surface area contributed by atoms with Gasteiger partial charge >= 0.3 is 0 Å². The van der Waals surface area contributed by atoms with Gasteiger partial charge < -0.3 is 0 Å². The van der Waals surface area contributed by atoms with E-state index >= 15 is 0 Å². The molecule has 0 spiro atoms. The lowest BCUT2D eigenvalue weighted by Crippen LogP contribution is -2.39. The molecule has 0 aromatic carbocycles. The fraction of sp³-hybridized carbons (Fsp3) is 0.727. The molecule has 5 nitrogen and oxygen atoms in total. The highest BCUT2D eigenvalue weighted by molar-refractivity contribution is 7.13. The van der Waals surface area contributed by atoms with Crippen LogP contribution in [0.3, 0.4) is 0 Å². The molecule has 1 aromatic rings. The quantitative estimate of drug-likeness (QED) is 0.889. The fourth-order valence-electron chi connectivity index (χ4n) is 2.26. The average molecular weight is 254 g/mol. The number of carbonyl (C=O) groups is 1. The summed E-state index contributed by atoms with van der Waals surface area (Å²) in [6.45, 7) is 0.435. The van der Waals surface area contributed by atoms with Gasteiger partial charge in [-0.15, -0.1) is 10.2 Å². The summed E-state index contributed by atoms with van der Waals surface area (Å²) >= 11 is 1.34. The van der Waals surface area contributed by atoms with Gasteiger partial charge in [-0.25, -0.2) is 0 Å². The van der Waals surface area contributed by atoms with Crippen molar-refractivity contribution in [3.8, 4) is 0 Å². The zero-order chi connectivity index (χ0) is 12.1. The van der Waals surface area contributed by atoms with Crippen molar-refractivity contribution in [2.24, 2.45) is 0 Å². The second-order valence-electron chi connectivity index (χ2n) is 4.50. The molecule has 6 heteroatoms. The van der Waals surface area contributed by atoms with Gasteiger partial charge in [-0.05, 0) is 19.9 Å². The third-order valence-electron chi connectivity index (χ3n) is 3.20. The average Bonchev–Trinajstić information content (AvgIpc) is 2.82. The molecule has 1 saturated carbocycles. The van der Waals surface area contributed by atoms with E-state index in [0.29, 0.717) is 17.7 Å². The molecule has 1 heterocycles. The van der Waals surface area contributed by atoms with E-state index in [2.05, 4.69) is 20.4 Å². The molecule has 1 aromatic heterocycles. The number of nitrogens with zero attached hydrogens (tertiary/aromatic N) is 3. The SMILES string of the molecule is CN(CC(=O)Nc1nncs1)C1CCCCC1. The Hall–Kier alpha value is -1.01. The molecule has 0 atom stereocenters. The molecular formula is C11H18N4OS. The number of rotatable bonds is 4. The van der Waals surface area contributed by atoms with Crippen LogP contribution in [0, 0.1) is 0 Å². The predicted octanol–water partition coefficient (Wildman–Crippen LogP) is 1.74. The second-order valence-corrected chi connectivity index (χ2v) is 5.33. The van der Waals surface area contributed by atoms with Crippen LogP contribution in [0.5, 0.6) is 0 Å². The van der Waals surface area contributed by atoms with Crippen molar-refractivity contribution in [2.75, 3.05) is 18.9 Å². The van der Waals surface area contributed by atoms with Crippen molar-refractivity contribution < 1.29 is 4.79 Å². The molecule has 0 unspecified atom stereocenters. The Kier molecular flexibility index (Phi) is 4.44. The van der Waals surface area contributed by atoms with Gasteiger partial charge in [-0.1, -0.05) is 30.6 Å². The number of anilines is 1. The van der Waals surface area contributed by atoms with Crippen LogP contribution >= 0.6 is 11.3 Å². The van der Waals surface area contributed by atoms with Gasteiger partial charge in [-0.3, -0.25) is 15.0 Å². The van der Waals surface area contributed by atoms with Gasteiger partial charge in [0.15, 0.2) is 0 Å². The molecule has 0 bridgehead atoms. The number of aromatic nitrogens is 2. The minimum absolute atomic E-state index is 0.00479. The van der Waals surface area contributed by atoms with E-state index in [0.717, 1.165) is 0 Å². The number of hydrogen-bond acceptors (Lipinski definition) is 5. The topological polar surface area (TPSA) is 58.1 Å². The van der Waals surface area contributed by atoms with E-state index in [9.17, 15) is 4.79 Å². The molecule has 1 N–H and O–H groups in total. The highest BCUT2D eigenvalue weighted by atomic mass is 32.1. The van der Waals surface area contributed by atoms with Crippen LogP contribution in [0.25, 0.3) is 0 Å². The molecule has 1 aliphatic carbocycles. The maximum absolute atomic E-state index is 11.7. The van der Waals surface area contributed by atoms with Crippen LogP contribution in [0.4, 0.5) is 5.13 Å². The minimum Gasteiger partial charge on any atom is -0.299 e. The molecule has 1 amide bonds. The Balaban J connectivity index is 1.77. The van der Waals surface area contributed by atoms with Crippen LogP contribution in [0.1, 0.15) is 32.1 Å². The Labute approximate surface area is 105 Å². The van der Waals surface area contributed by atoms with Crippen molar-refractivity contribution >= 4 is 22.4 Å². The first-order valence-electron chi connectivity index (χ1n) is 6.02. The lowest BCUT2D eigenvalue weighted by molar-refractivity contribution is -0.117. The molecule has 94 valence electrons. The molecule has 1 fully saturated rings. The number of amides is 1. The summed E-state index contributed by atoms with van der Waals surface area (Å²) in [5, 5.41) is 10.8. The molecule has 0 saturated heterocycles. The van der Waals surface area contributed by atoms with Crippen LogP contribution < -0.4 is 5.32 Å². The summed E-state index contributed by atoms with van der Waals surface area (Å²) in [6, 6.07) is 0.559. The largest absolute Gasteiger partial charge is 0.299 e. The number of nitrogens with one attached hydrogen (secondary N) is 1. The van der Waals surface area contributed by atoms with Crippen LogP contribution in [0.15, 0.2) is 5.51 Å². The third kappa shape index (κ3) is 3.74. The maximum atomic E-state index is 11.7. The van der Waals surface area contributed by atoms with E-state index in [1.54, 1.807) is 5.51 Å². The number of hydrogen-bond donors (Lipinski definition) is 1. The van der Waals surface area contributed by atoms with Crippen LogP contribution in [-0.2, 0) is 4.79 Å². The van der Waals surface area contributed by atoms with Gasteiger partial charge in [0.25, 0.3) is 0 Å². The fourth-order valence-corrected chi connectivity index (χ4v) is 2.72. The van der Waals surface area contributed by atoms with E-state index in [1.807, 2.05) is 7.05 Å². The second kappa shape index (κ2) is 6.07. The molecule has 2 rings (SSSR count). The van der Waals surface area contributed by atoms with E-state index in [-0.39, 0.29) is 5.91 Å². The molecule has 17 heavy (non-hydrogen) atoms. The zero-order valence-corrected chi connectivity index (χ0v) is 10.9. The summed E-state index contributed by atoms with van der Waals surface area (Å²) in [7, 11) is 2.02. The monoisotopic (exact) mass is 254 g/mol. The van der Waals surface area contributed by atoms with Crippen LogP contribution in [0.2, 0.25) is 0 Å². The first kappa shape index (κ1) is 12.4. The summed E-state index contributed by atoms with van der Waals surface area (Å²) < 4.78 is 0. The van der Waals surface area contributed by atoms with Crippen molar-refractivity contribution in [1.29, 1.82) is 0 Å². The molecule has 1 aliphatic rings. The lowest BCUT2D eigenvalue weighted by atomic mass is 9.94. The van der Waals surface area contributed by atoms with Crippen molar-refractivity contribution in [2.45, 2.75) is 38.1 Å². The molecular weight excluding hydrogens is 236 g/mol. The Morgan fingerprint density at radius 1 is 1.53 bits per heavy atom. The van der Waals surface area contributed by atoms with E-state index < -0.39 is 0 Å². The highest BCUT2D eigenvalue weighted by Crippen LogP contribution is 2.21. The van der Waals surface area contributed by atoms with Gasteiger partial charge in [0, 0.05) is 6.04 Å². The number of likely N-dealkylation sites (N-methyl/N-ethyl adjacent to an activating group) is 1. The normalized spacial score (nSPS) is 17.3. The summed E-state index contributed by atoms with van der Waals surface area (Å²) in [5.41, 5.74) is 1.61. The summed E-state index contributed by atoms with van der Waals surface area (Å²) in [5.74, 6) is -0.00479. The first-order chi connectivity index (χ1) is 8.25. The number of carbonyl (C=O) groups excluding carboxylic acids is 1. The van der Waals surface area contributed by atoms with Crippen molar-refractivity contribution in [1.82, 2.24) is 15.1 Å². The van der Waals surface area contributed by atoms with Crippen molar-refractivity contribution in [3.63, 3.8) is 0 Å². The zero-order valence-electron chi connectivity index (χ0n) is 10.1. The standard InChI is InChI=1S/C11H18N4OS/c1-15(9-5-3-2-4-6-9)7-10(16)13-11-14-12-8-17-11/h8-9H,2-7H2,1H3,(H,13,14,16). The predicted molar refractivity (Wildman–Crippen MR) is 68.0 cm³/mol. The minimum atomic E-state index is -0.00479. The van der Waals surface area contributed by atoms with E-state index in [4.69, 9.17) is 0 Å². The maximum Gasteiger partial charge on any atom is 0.240 e. The van der Waals surface area contributed by atoms with Gasteiger partial charge in [0.05, 0.1) is 6.54 Å². The summed E-state index contributed by atoms with van der Waals surface area (Å²) in [4.78, 5) is 13.9. The smallest absolute Gasteiger partial charge is 0.240 e.